The zero-order chi connectivity index (χ0) is 25.4. The molecule has 0 saturated heterocycles. The zero-order valence-corrected chi connectivity index (χ0v) is 20.9. The van der Waals surface area contributed by atoms with Crippen molar-refractivity contribution < 1.29 is 27.1 Å². The highest BCUT2D eigenvalue weighted by molar-refractivity contribution is 7.89. The Hall–Kier alpha value is -3.43. The summed E-state index contributed by atoms with van der Waals surface area (Å²) < 4.78 is 52.9. The van der Waals surface area contributed by atoms with Crippen molar-refractivity contribution in [2.45, 2.75) is 36.9 Å². The van der Waals surface area contributed by atoms with Gasteiger partial charge >= 0.3 is 0 Å². The van der Waals surface area contributed by atoms with Gasteiger partial charge in [0.2, 0.25) is 15.9 Å². The van der Waals surface area contributed by atoms with Crippen molar-refractivity contribution in [2.75, 3.05) is 20.8 Å². The van der Waals surface area contributed by atoms with Crippen LogP contribution in [0.2, 0.25) is 0 Å². The summed E-state index contributed by atoms with van der Waals surface area (Å²) >= 11 is 0. The van der Waals surface area contributed by atoms with Crippen molar-refractivity contribution in [3.05, 3.63) is 88.7 Å². The number of hydrogen-bond acceptors (Lipinski definition) is 5. The van der Waals surface area contributed by atoms with Gasteiger partial charge in [0.05, 0.1) is 19.1 Å². The van der Waals surface area contributed by atoms with E-state index in [1.807, 2.05) is 36.4 Å². The second-order valence-electron chi connectivity index (χ2n) is 8.98. The van der Waals surface area contributed by atoms with E-state index >= 15 is 0 Å². The zero-order valence-electron chi connectivity index (χ0n) is 20.1. The number of carbonyl (C=O) groups is 1. The van der Waals surface area contributed by atoms with Gasteiger partial charge < -0.3 is 14.4 Å². The van der Waals surface area contributed by atoms with Crippen LogP contribution in [0.3, 0.4) is 0 Å². The van der Waals surface area contributed by atoms with Crippen molar-refractivity contribution in [1.29, 1.82) is 0 Å². The Morgan fingerprint density at radius 1 is 0.889 bits per heavy atom. The van der Waals surface area contributed by atoms with Crippen molar-refractivity contribution in [3.8, 4) is 11.5 Å². The number of fused-ring (bicyclic) bond motifs is 2. The fraction of sp³-hybridized carbons (Fsp3) is 0.296. The first kappa shape index (κ1) is 24.3. The van der Waals surface area contributed by atoms with Crippen LogP contribution < -0.4 is 9.47 Å². The number of carbonyl (C=O) groups excluding carboxylic acids is 1. The molecule has 2 aliphatic rings. The number of nitrogens with zero attached hydrogens (tertiary/aromatic N) is 2. The van der Waals surface area contributed by atoms with Gasteiger partial charge in [-0.05, 0) is 71.5 Å². The maximum atomic E-state index is 13.9. The van der Waals surface area contributed by atoms with Crippen molar-refractivity contribution in [2.24, 2.45) is 0 Å². The van der Waals surface area contributed by atoms with Crippen LogP contribution in [-0.4, -0.2) is 50.3 Å². The van der Waals surface area contributed by atoms with Crippen molar-refractivity contribution in [3.63, 3.8) is 0 Å². The second kappa shape index (κ2) is 9.55. The molecular formula is C27H27FN2O5S. The lowest BCUT2D eigenvalue weighted by molar-refractivity contribution is -0.136. The van der Waals surface area contributed by atoms with Crippen molar-refractivity contribution in [1.82, 2.24) is 9.21 Å². The summed E-state index contributed by atoms with van der Waals surface area (Å²) in [5.74, 6) is 0.439. The molecule has 2 heterocycles. The molecule has 0 bridgehead atoms. The van der Waals surface area contributed by atoms with Crippen molar-refractivity contribution >= 4 is 15.9 Å². The SMILES string of the molecule is COc1cc2c(cc1OC)CN(C(=O)[C@H]1Cc3ccccc3CN1S(=O)(=O)c1ccc(F)cc1)CC2. The Kier molecular flexibility index (Phi) is 6.44. The minimum Gasteiger partial charge on any atom is -0.493 e. The number of ether oxygens (including phenoxy) is 2. The van der Waals surface area contributed by atoms with Crippen LogP contribution in [-0.2, 0) is 40.7 Å². The molecule has 0 aliphatic carbocycles. The van der Waals surface area contributed by atoms with E-state index in [0.29, 0.717) is 31.0 Å². The first-order valence-corrected chi connectivity index (χ1v) is 13.1. The Labute approximate surface area is 210 Å². The Morgan fingerprint density at radius 2 is 1.53 bits per heavy atom. The third kappa shape index (κ3) is 4.33. The maximum absolute atomic E-state index is 13.9. The molecule has 0 fully saturated rings. The Morgan fingerprint density at radius 3 is 2.19 bits per heavy atom. The first-order chi connectivity index (χ1) is 17.3. The van der Waals surface area contributed by atoms with E-state index in [1.54, 1.807) is 19.1 Å². The molecule has 0 unspecified atom stereocenters. The number of hydrogen-bond donors (Lipinski definition) is 0. The Bertz CT molecular complexity index is 1410. The van der Waals surface area contributed by atoms with Crippen LogP contribution in [0, 0.1) is 5.82 Å². The molecule has 3 aromatic rings. The number of rotatable bonds is 5. The summed E-state index contributed by atoms with van der Waals surface area (Å²) in [6, 6.07) is 15.2. The van der Waals surface area contributed by atoms with Crippen LogP contribution in [0.15, 0.2) is 65.6 Å². The van der Waals surface area contributed by atoms with Gasteiger partial charge in [0.15, 0.2) is 11.5 Å². The molecule has 1 amide bonds. The molecule has 1 atom stereocenters. The molecule has 2 aliphatic heterocycles. The molecule has 188 valence electrons. The van der Waals surface area contributed by atoms with Crippen LogP contribution in [0.25, 0.3) is 0 Å². The largest absolute Gasteiger partial charge is 0.493 e. The van der Waals surface area contributed by atoms with E-state index in [0.717, 1.165) is 34.4 Å². The molecular weight excluding hydrogens is 483 g/mol. The molecule has 0 saturated carbocycles. The van der Waals surface area contributed by atoms with Gasteiger partial charge in [-0.25, -0.2) is 12.8 Å². The fourth-order valence-electron chi connectivity index (χ4n) is 4.99. The molecule has 5 rings (SSSR count). The molecule has 0 radical (unpaired) electrons. The second-order valence-corrected chi connectivity index (χ2v) is 10.9. The summed E-state index contributed by atoms with van der Waals surface area (Å²) in [5, 5.41) is 0. The number of halogens is 1. The minimum absolute atomic E-state index is 0.0399. The molecule has 0 N–H and O–H groups in total. The van der Waals surface area contributed by atoms with Crippen LogP contribution in [0.4, 0.5) is 4.39 Å². The topological polar surface area (TPSA) is 76.2 Å². The van der Waals surface area contributed by atoms with Gasteiger partial charge in [0, 0.05) is 19.6 Å². The maximum Gasteiger partial charge on any atom is 0.244 e. The van der Waals surface area contributed by atoms with Crippen LogP contribution in [0.5, 0.6) is 11.5 Å². The van der Waals surface area contributed by atoms with Gasteiger partial charge in [-0.2, -0.15) is 4.31 Å². The van der Waals surface area contributed by atoms with Gasteiger partial charge in [0.1, 0.15) is 11.9 Å². The highest BCUT2D eigenvalue weighted by atomic mass is 32.2. The smallest absolute Gasteiger partial charge is 0.244 e. The van der Waals surface area contributed by atoms with Gasteiger partial charge in [-0.3, -0.25) is 4.79 Å². The lowest BCUT2D eigenvalue weighted by Crippen LogP contribution is -2.54. The normalized spacial score (nSPS) is 17.8. The summed E-state index contributed by atoms with van der Waals surface area (Å²) in [6.07, 6.45) is 0.889. The van der Waals surface area contributed by atoms with E-state index in [1.165, 1.54) is 16.4 Å². The summed E-state index contributed by atoms with van der Waals surface area (Å²) in [4.78, 5) is 15.6. The van der Waals surface area contributed by atoms with Crippen LogP contribution in [0.1, 0.15) is 22.3 Å². The first-order valence-electron chi connectivity index (χ1n) is 11.7. The predicted octanol–water partition coefficient (Wildman–Crippen LogP) is 3.54. The lowest BCUT2D eigenvalue weighted by atomic mass is 9.93. The highest BCUT2D eigenvalue weighted by Gasteiger charge is 2.41. The molecule has 0 aromatic heterocycles. The monoisotopic (exact) mass is 510 g/mol. The average molecular weight is 511 g/mol. The third-order valence-corrected chi connectivity index (χ3v) is 8.81. The van der Waals surface area contributed by atoms with Gasteiger partial charge in [-0.1, -0.05) is 24.3 Å². The number of methoxy groups -OCH3 is 2. The number of amides is 1. The van der Waals surface area contributed by atoms with E-state index in [-0.39, 0.29) is 23.8 Å². The molecule has 7 nitrogen and oxygen atoms in total. The third-order valence-electron chi connectivity index (χ3n) is 6.94. The van der Waals surface area contributed by atoms with E-state index in [2.05, 4.69) is 0 Å². The van der Waals surface area contributed by atoms with Crippen LogP contribution >= 0.6 is 0 Å². The lowest BCUT2D eigenvalue weighted by Gasteiger charge is -2.39. The fourth-order valence-corrected chi connectivity index (χ4v) is 6.55. The summed E-state index contributed by atoms with van der Waals surface area (Å²) in [7, 11) is -0.905. The van der Waals surface area contributed by atoms with E-state index in [4.69, 9.17) is 9.47 Å². The minimum atomic E-state index is -4.05. The molecule has 3 aromatic carbocycles. The molecule has 36 heavy (non-hydrogen) atoms. The van der Waals surface area contributed by atoms with E-state index in [9.17, 15) is 17.6 Å². The predicted molar refractivity (Wildman–Crippen MR) is 132 cm³/mol. The summed E-state index contributed by atoms with van der Waals surface area (Å²) in [5.41, 5.74) is 3.82. The van der Waals surface area contributed by atoms with Gasteiger partial charge in [-0.15, -0.1) is 0 Å². The quantitative estimate of drug-likeness (QED) is 0.525. The average Bonchev–Trinajstić information content (AvgIpc) is 2.91. The highest BCUT2D eigenvalue weighted by Crippen LogP contribution is 2.35. The molecule has 9 heteroatoms. The summed E-state index contributed by atoms with van der Waals surface area (Å²) in [6.45, 7) is 0.878. The standard InChI is InChI=1S/C27H27FN2O5S/c1-34-25-14-19-11-12-29(16-21(19)15-26(25)35-2)27(31)24-13-18-5-3-4-6-20(18)17-30(24)36(32,33)23-9-7-22(28)8-10-23/h3-10,14-15,24H,11-13,16-17H2,1-2H3/t24-/m1/s1. The van der Waals surface area contributed by atoms with Gasteiger partial charge in [0.25, 0.3) is 0 Å². The number of sulfonamides is 1. The number of benzene rings is 3. The molecule has 0 spiro atoms. The Balaban J connectivity index is 1.49. The van der Waals surface area contributed by atoms with E-state index < -0.39 is 21.9 Å².